The number of aromatic amines is 1. The summed E-state index contributed by atoms with van der Waals surface area (Å²) >= 11 is 6.02. The summed E-state index contributed by atoms with van der Waals surface area (Å²) in [4.78, 5) is 20.4. The first-order chi connectivity index (χ1) is 10.8. The molecule has 1 aliphatic heterocycles. The molecule has 6 nitrogen and oxygen atoms in total. The molecule has 0 amide bonds. The number of hydrogen-bond donors (Lipinski definition) is 1. The fourth-order valence-electron chi connectivity index (χ4n) is 2.83. The Bertz CT molecular complexity index is 779. The molecule has 0 bridgehead atoms. The van der Waals surface area contributed by atoms with E-state index in [9.17, 15) is 0 Å². The van der Waals surface area contributed by atoms with Gasteiger partial charge >= 0.3 is 0 Å². The van der Waals surface area contributed by atoms with E-state index in [0.29, 0.717) is 5.65 Å². The average molecular weight is 315 g/mol. The van der Waals surface area contributed by atoms with Crippen LogP contribution in [0, 0.1) is 0 Å². The third kappa shape index (κ3) is 2.35. The predicted octanol–water partition coefficient (Wildman–Crippen LogP) is 2.33. The van der Waals surface area contributed by atoms with Gasteiger partial charge in [-0.1, -0.05) is 18.2 Å². The molecule has 0 saturated carbocycles. The number of hydrogen-bond acceptors (Lipinski definition) is 5. The largest absolute Gasteiger partial charge is 0.368 e. The first kappa shape index (κ1) is 13.3. The number of fused-ring (bicyclic) bond motifs is 1. The predicted molar refractivity (Wildman–Crippen MR) is 87.6 cm³/mol. The molecule has 7 heteroatoms. The number of piperazine rings is 1. The maximum atomic E-state index is 6.02. The van der Waals surface area contributed by atoms with E-state index >= 15 is 0 Å². The SMILES string of the molecule is Clc1nc(N2CCN(c3ccccc3)CC2)c2nc[nH]c2n1. The normalized spacial score (nSPS) is 15.5. The summed E-state index contributed by atoms with van der Waals surface area (Å²) in [5.74, 6) is 0.809. The van der Waals surface area contributed by atoms with E-state index in [-0.39, 0.29) is 5.28 Å². The summed E-state index contributed by atoms with van der Waals surface area (Å²) in [7, 11) is 0. The molecular weight excluding hydrogens is 300 g/mol. The van der Waals surface area contributed by atoms with Gasteiger partial charge in [0.05, 0.1) is 6.33 Å². The quantitative estimate of drug-likeness (QED) is 0.736. The lowest BCUT2D eigenvalue weighted by Gasteiger charge is -2.36. The summed E-state index contributed by atoms with van der Waals surface area (Å²) in [5.41, 5.74) is 2.71. The molecule has 112 valence electrons. The second-order valence-corrected chi connectivity index (χ2v) is 5.56. The van der Waals surface area contributed by atoms with E-state index in [4.69, 9.17) is 11.6 Å². The number of nitrogens with zero attached hydrogens (tertiary/aromatic N) is 5. The van der Waals surface area contributed by atoms with E-state index in [1.54, 1.807) is 6.33 Å². The summed E-state index contributed by atoms with van der Waals surface area (Å²) in [5, 5.41) is 0.247. The Morgan fingerprint density at radius 1 is 0.955 bits per heavy atom. The van der Waals surface area contributed by atoms with Gasteiger partial charge in [0.1, 0.15) is 0 Å². The maximum Gasteiger partial charge on any atom is 0.226 e. The van der Waals surface area contributed by atoms with Crippen molar-refractivity contribution in [2.24, 2.45) is 0 Å². The van der Waals surface area contributed by atoms with Gasteiger partial charge in [0.2, 0.25) is 5.28 Å². The standard InChI is InChI=1S/C15H15ClN6/c16-15-19-13-12(17-10-18-13)14(20-15)22-8-6-21(7-9-22)11-4-2-1-3-5-11/h1-5,10H,6-9H2,(H,17,18,19,20). The molecule has 0 atom stereocenters. The Morgan fingerprint density at radius 2 is 1.68 bits per heavy atom. The number of aromatic nitrogens is 4. The van der Waals surface area contributed by atoms with Crippen LogP contribution in [0.15, 0.2) is 36.7 Å². The van der Waals surface area contributed by atoms with Crippen LogP contribution in [0.25, 0.3) is 11.2 Å². The van der Waals surface area contributed by atoms with Crippen LogP contribution in [0.1, 0.15) is 0 Å². The zero-order valence-corrected chi connectivity index (χ0v) is 12.7. The highest BCUT2D eigenvalue weighted by atomic mass is 35.5. The molecule has 0 radical (unpaired) electrons. The number of anilines is 2. The van der Waals surface area contributed by atoms with Gasteiger partial charge in [0, 0.05) is 31.9 Å². The molecule has 0 aliphatic carbocycles. The van der Waals surface area contributed by atoms with E-state index in [0.717, 1.165) is 37.5 Å². The smallest absolute Gasteiger partial charge is 0.226 e. The average Bonchev–Trinajstić information content (AvgIpc) is 3.03. The van der Waals surface area contributed by atoms with Crippen molar-refractivity contribution in [2.45, 2.75) is 0 Å². The molecule has 22 heavy (non-hydrogen) atoms. The van der Waals surface area contributed by atoms with Crippen LogP contribution in [0.5, 0.6) is 0 Å². The highest BCUT2D eigenvalue weighted by Crippen LogP contribution is 2.25. The zero-order valence-electron chi connectivity index (χ0n) is 11.9. The Kier molecular flexibility index (Phi) is 3.31. The Balaban J connectivity index is 1.57. The fourth-order valence-corrected chi connectivity index (χ4v) is 2.99. The Hall–Kier alpha value is -2.34. The highest BCUT2D eigenvalue weighted by molar-refractivity contribution is 6.28. The molecule has 3 aromatic rings. The van der Waals surface area contributed by atoms with Crippen molar-refractivity contribution in [3.05, 3.63) is 41.9 Å². The fraction of sp³-hybridized carbons (Fsp3) is 0.267. The lowest BCUT2D eigenvalue weighted by molar-refractivity contribution is 0.648. The van der Waals surface area contributed by atoms with Crippen molar-refractivity contribution < 1.29 is 0 Å². The number of para-hydroxylation sites is 1. The summed E-state index contributed by atoms with van der Waals surface area (Å²) in [6.07, 6.45) is 1.62. The molecule has 1 N–H and O–H groups in total. The molecule has 1 aliphatic rings. The van der Waals surface area contributed by atoms with Crippen LogP contribution >= 0.6 is 11.6 Å². The van der Waals surface area contributed by atoms with Gasteiger partial charge in [0.25, 0.3) is 0 Å². The van der Waals surface area contributed by atoms with Crippen molar-refractivity contribution in [1.82, 2.24) is 19.9 Å². The van der Waals surface area contributed by atoms with Crippen molar-refractivity contribution in [3.8, 4) is 0 Å². The van der Waals surface area contributed by atoms with Crippen LogP contribution < -0.4 is 9.80 Å². The first-order valence-corrected chi connectivity index (χ1v) is 7.60. The van der Waals surface area contributed by atoms with E-state index < -0.39 is 0 Å². The Labute approximate surface area is 132 Å². The number of H-pyrrole nitrogens is 1. The van der Waals surface area contributed by atoms with Gasteiger partial charge in [0.15, 0.2) is 17.0 Å². The number of benzene rings is 1. The molecule has 2 aromatic heterocycles. The van der Waals surface area contributed by atoms with Gasteiger partial charge in [-0.05, 0) is 23.7 Å². The van der Waals surface area contributed by atoms with E-state index in [2.05, 4.69) is 54.0 Å². The van der Waals surface area contributed by atoms with Crippen LogP contribution in [0.3, 0.4) is 0 Å². The van der Waals surface area contributed by atoms with Crippen LogP contribution in [0.2, 0.25) is 5.28 Å². The molecule has 1 saturated heterocycles. The van der Waals surface area contributed by atoms with Crippen LogP contribution in [0.4, 0.5) is 11.5 Å². The number of imidazole rings is 1. The minimum atomic E-state index is 0.247. The molecule has 4 rings (SSSR count). The highest BCUT2D eigenvalue weighted by Gasteiger charge is 2.21. The zero-order chi connectivity index (χ0) is 14.9. The third-order valence-corrected chi connectivity index (χ3v) is 4.10. The van der Waals surface area contributed by atoms with Gasteiger partial charge in [-0.3, -0.25) is 0 Å². The minimum absolute atomic E-state index is 0.247. The number of halogens is 1. The Morgan fingerprint density at radius 3 is 2.45 bits per heavy atom. The summed E-state index contributed by atoms with van der Waals surface area (Å²) in [6, 6.07) is 10.5. The van der Waals surface area contributed by atoms with E-state index in [1.165, 1.54) is 5.69 Å². The third-order valence-electron chi connectivity index (χ3n) is 3.93. The van der Waals surface area contributed by atoms with Crippen molar-refractivity contribution in [3.63, 3.8) is 0 Å². The van der Waals surface area contributed by atoms with Crippen molar-refractivity contribution >= 4 is 34.3 Å². The first-order valence-electron chi connectivity index (χ1n) is 7.23. The molecule has 0 spiro atoms. The van der Waals surface area contributed by atoms with Gasteiger partial charge in [-0.2, -0.15) is 9.97 Å². The number of nitrogens with one attached hydrogen (secondary N) is 1. The van der Waals surface area contributed by atoms with Gasteiger partial charge in [-0.15, -0.1) is 0 Å². The molecule has 3 heterocycles. The topological polar surface area (TPSA) is 60.9 Å². The van der Waals surface area contributed by atoms with Crippen molar-refractivity contribution in [1.29, 1.82) is 0 Å². The molecule has 1 fully saturated rings. The van der Waals surface area contributed by atoms with Gasteiger partial charge < -0.3 is 14.8 Å². The lowest BCUT2D eigenvalue weighted by Crippen LogP contribution is -2.47. The lowest BCUT2D eigenvalue weighted by atomic mass is 10.2. The molecule has 1 aromatic carbocycles. The van der Waals surface area contributed by atoms with Crippen LogP contribution in [-0.2, 0) is 0 Å². The summed E-state index contributed by atoms with van der Waals surface area (Å²) < 4.78 is 0. The molecular formula is C15H15ClN6. The van der Waals surface area contributed by atoms with Gasteiger partial charge in [-0.25, -0.2) is 4.98 Å². The minimum Gasteiger partial charge on any atom is -0.368 e. The second kappa shape index (κ2) is 5.46. The van der Waals surface area contributed by atoms with Crippen molar-refractivity contribution in [2.75, 3.05) is 36.0 Å². The maximum absolute atomic E-state index is 6.02. The summed E-state index contributed by atoms with van der Waals surface area (Å²) in [6.45, 7) is 3.64. The monoisotopic (exact) mass is 314 g/mol. The molecule has 0 unspecified atom stereocenters. The second-order valence-electron chi connectivity index (χ2n) is 5.23. The van der Waals surface area contributed by atoms with E-state index in [1.807, 2.05) is 6.07 Å². The van der Waals surface area contributed by atoms with Crippen LogP contribution in [-0.4, -0.2) is 46.1 Å². The number of rotatable bonds is 2.